The minimum atomic E-state index is -1.41. The molecule has 2 aromatic carbocycles. The van der Waals surface area contributed by atoms with Crippen LogP contribution < -0.4 is 5.32 Å². The lowest BCUT2D eigenvalue weighted by atomic mass is 9.62. The maximum atomic E-state index is 14.8. The summed E-state index contributed by atoms with van der Waals surface area (Å²) in [4.78, 5) is 48.3. The number of ether oxygens (including phenoxy) is 5. The molecule has 3 unspecified atom stereocenters. The first-order chi connectivity index (χ1) is 25.9. The van der Waals surface area contributed by atoms with Gasteiger partial charge >= 0.3 is 11.9 Å². The van der Waals surface area contributed by atoms with Gasteiger partial charge in [-0.3, -0.25) is 19.2 Å². The SMILES string of the molecule is CC(C)(C)OC(=O)CC[C@@H](CO)NC(=O)[C@@]12C[C@H]3OC(=O)[C@@H]1N(Cc1cccc(C=CC4CCC5OC5C4)c1)O[C@@H]2[C@H]1OC2(Cc4ccccc4C2)O[C@H]13. The minimum Gasteiger partial charge on any atom is -0.460 e. The summed E-state index contributed by atoms with van der Waals surface area (Å²) in [5.41, 5.74) is 2.13. The average molecular weight is 743 g/mol. The highest BCUT2D eigenvalue weighted by Gasteiger charge is 2.76. The van der Waals surface area contributed by atoms with Crippen LogP contribution in [0, 0.1) is 11.3 Å². The summed E-state index contributed by atoms with van der Waals surface area (Å²) in [5.74, 6) is -1.93. The number of hydrogen-bond donors (Lipinski definition) is 2. The molecule has 3 aliphatic carbocycles. The zero-order valence-electron chi connectivity index (χ0n) is 31.1. The van der Waals surface area contributed by atoms with E-state index in [0.29, 0.717) is 31.0 Å². The van der Waals surface area contributed by atoms with Crippen molar-refractivity contribution in [3.63, 3.8) is 0 Å². The number of carbonyl (C=O) groups excluding carboxylic acids is 3. The van der Waals surface area contributed by atoms with Gasteiger partial charge < -0.3 is 34.1 Å². The third-order valence-corrected chi connectivity index (χ3v) is 12.3. The second-order valence-corrected chi connectivity index (χ2v) is 17.3. The van der Waals surface area contributed by atoms with Crippen molar-refractivity contribution in [1.82, 2.24) is 10.4 Å². The highest BCUT2D eigenvalue weighted by molar-refractivity contribution is 5.93. The lowest BCUT2D eigenvalue weighted by Crippen LogP contribution is -2.70. The van der Waals surface area contributed by atoms with E-state index < -0.39 is 77.8 Å². The van der Waals surface area contributed by atoms with E-state index in [1.165, 1.54) is 0 Å². The molecular formula is C42H50N2O10. The summed E-state index contributed by atoms with van der Waals surface area (Å²) < 4.78 is 30.9. The summed E-state index contributed by atoms with van der Waals surface area (Å²) in [5, 5.41) is 15.0. The maximum absolute atomic E-state index is 14.8. The number of aliphatic hydroxyl groups is 1. The summed E-state index contributed by atoms with van der Waals surface area (Å²) in [6.45, 7) is 5.18. The minimum absolute atomic E-state index is 0.00106. The van der Waals surface area contributed by atoms with Crippen molar-refractivity contribution in [2.24, 2.45) is 11.3 Å². The zero-order chi connectivity index (χ0) is 37.4. The van der Waals surface area contributed by atoms with Crippen molar-refractivity contribution < 1.29 is 48.0 Å². The second-order valence-electron chi connectivity index (χ2n) is 17.3. The molecule has 2 bridgehead atoms. The standard InChI is InChI=1S/C42H50N2O10/c1-40(2,3)51-33(46)16-14-29(23-45)43-39(48)42-21-32-34-35(53-41(52-34)19-27-9-4-5-10-28(27)20-41)37(42)54-44(36(42)38(47)50-32)22-26-8-6-7-24(17-26)11-12-25-13-15-30-31(18-25)49-30/h4-12,17,25,29-32,34-37,45H,13-16,18-23H2,1-3H3,(H,43,48)/t25?,29-,30?,31?,32+,34-,35-,36-,37+,42-/m0/s1. The molecule has 0 radical (unpaired) electrons. The summed E-state index contributed by atoms with van der Waals surface area (Å²) in [6.07, 6.45) is 6.96. The lowest BCUT2D eigenvalue weighted by molar-refractivity contribution is -0.217. The van der Waals surface area contributed by atoms with E-state index in [1.54, 1.807) is 25.8 Å². The Morgan fingerprint density at radius 3 is 2.56 bits per heavy atom. The van der Waals surface area contributed by atoms with Crippen LogP contribution >= 0.6 is 0 Å². The summed E-state index contributed by atoms with van der Waals surface area (Å²) >= 11 is 0. The number of esters is 2. The molecule has 9 rings (SSSR count). The van der Waals surface area contributed by atoms with Gasteiger partial charge in [0.2, 0.25) is 5.91 Å². The van der Waals surface area contributed by atoms with Gasteiger partial charge in [-0.1, -0.05) is 60.7 Å². The fourth-order valence-electron chi connectivity index (χ4n) is 9.81. The Labute approximate surface area is 315 Å². The van der Waals surface area contributed by atoms with E-state index in [2.05, 4.69) is 41.7 Å². The molecule has 4 saturated heterocycles. The lowest BCUT2D eigenvalue weighted by Gasteiger charge is -2.49. The fraction of sp³-hybridized carbons (Fsp3) is 0.595. The third-order valence-electron chi connectivity index (χ3n) is 12.3. The number of benzene rings is 2. The van der Waals surface area contributed by atoms with Crippen LogP contribution in [0.1, 0.15) is 81.5 Å². The van der Waals surface area contributed by atoms with Crippen molar-refractivity contribution in [3.05, 3.63) is 76.9 Å². The van der Waals surface area contributed by atoms with Crippen molar-refractivity contribution in [2.45, 2.75) is 139 Å². The van der Waals surface area contributed by atoms with Gasteiger partial charge in [-0.05, 0) is 74.6 Å². The average Bonchev–Trinajstić information content (AvgIpc) is 3.48. The molecule has 4 heterocycles. The number of hydrogen-bond acceptors (Lipinski definition) is 11. The molecule has 54 heavy (non-hydrogen) atoms. The molecule has 12 heteroatoms. The van der Waals surface area contributed by atoms with Crippen LogP contribution in [-0.4, -0.2) is 94.7 Å². The summed E-state index contributed by atoms with van der Waals surface area (Å²) in [7, 11) is 0. The highest BCUT2D eigenvalue weighted by atomic mass is 16.8. The van der Waals surface area contributed by atoms with Crippen LogP contribution in [0.5, 0.6) is 0 Å². The Morgan fingerprint density at radius 1 is 1.04 bits per heavy atom. The van der Waals surface area contributed by atoms with Crippen LogP contribution in [0.2, 0.25) is 0 Å². The molecule has 2 saturated carbocycles. The predicted octanol–water partition coefficient (Wildman–Crippen LogP) is 3.95. The van der Waals surface area contributed by atoms with E-state index in [-0.39, 0.29) is 25.8 Å². The Balaban J connectivity index is 0.991. The first-order valence-electron chi connectivity index (χ1n) is 19.5. The van der Waals surface area contributed by atoms with Crippen molar-refractivity contribution in [3.8, 4) is 0 Å². The molecule has 4 aliphatic heterocycles. The quantitative estimate of drug-likeness (QED) is 0.270. The van der Waals surface area contributed by atoms with Crippen molar-refractivity contribution in [2.75, 3.05) is 6.61 Å². The van der Waals surface area contributed by atoms with Gasteiger partial charge in [-0.25, -0.2) is 0 Å². The first kappa shape index (κ1) is 36.0. The fourth-order valence-corrected chi connectivity index (χ4v) is 9.81. The Hall–Kier alpha value is -3.65. The second kappa shape index (κ2) is 13.5. The molecule has 7 aliphatic rings. The van der Waals surface area contributed by atoms with Crippen LogP contribution in [0.4, 0.5) is 0 Å². The molecule has 2 aromatic rings. The predicted molar refractivity (Wildman–Crippen MR) is 193 cm³/mol. The van der Waals surface area contributed by atoms with Gasteiger partial charge in [0.05, 0.1) is 31.4 Å². The zero-order valence-corrected chi connectivity index (χ0v) is 31.1. The molecule has 6 fully saturated rings. The highest BCUT2D eigenvalue weighted by Crippen LogP contribution is 2.58. The number of aliphatic hydroxyl groups excluding tert-OH is 1. The molecule has 12 nitrogen and oxygen atoms in total. The molecule has 0 aromatic heterocycles. The van der Waals surface area contributed by atoms with Gasteiger partial charge in [-0.2, -0.15) is 5.06 Å². The van der Waals surface area contributed by atoms with Crippen LogP contribution in [-0.2, 0) is 62.3 Å². The van der Waals surface area contributed by atoms with Crippen molar-refractivity contribution >= 4 is 23.9 Å². The molecule has 1 amide bonds. The first-order valence-corrected chi connectivity index (χ1v) is 19.5. The van der Waals surface area contributed by atoms with Crippen LogP contribution in [0.15, 0.2) is 54.6 Å². The van der Waals surface area contributed by atoms with E-state index in [1.807, 2.05) is 24.3 Å². The molecule has 2 N–H and O–H groups in total. The van der Waals surface area contributed by atoms with Gasteiger partial charge in [0.25, 0.3) is 0 Å². The van der Waals surface area contributed by atoms with E-state index in [9.17, 15) is 19.5 Å². The molecule has 10 atom stereocenters. The Bertz CT molecular complexity index is 1820. The number of fused-ring (bicyclic) bond motifs is 6. The van der Waals surface area contributed by atoms with Gasteiger partial charge in [0, 0.05) is 25.7 Å². The van der Waals surface area contributed by atoms with E-state index in [0.717, 1.165) is 41.5 Å². The number of carbonyl (C=O) groups is 3. The summed E-state index contributed by atoms with van der Waals surface area (Å²) in [6, 6.07) is 14.4. The molecule has 288 valence electrons. The number of epoxide rings is 1. The van der Waals surface area contributed by atoms with Crippen molar-refractivity contribution in [1.29, 1.82) is 0 Å². The topological polar surface area (TPSA) is 145 Å². The number of hydroxylamine groups is 2. The third kappa shape index (κ3) is 6.58. The monoisotopic (exact) mass is 742 g/mol. The van der Waals surface area contributed by atoms with Gasteiger partial charge in [0.15, 0.2) is 11.8 Å². The number of nitrogens with zero attached hydrogens (tertiary/aromatic N) is 1. The van der Waals surface area contributed by atoms with Gasteiger partial charge in [-0.15, -0.1) is 0 Å². The molecule has 1 spiro atoms. The Morgan fingerprint density at radius 2 is 1.81 bits per heavy atom. The van der Waals surface area contributed by atoms with Crippen LogP contribution in [0.25, 0.3) is 6.08 Å². The number of rotatable bonds is 10. The molecular weight excluding hydrogens is 692 g/mol. The van der Waals surface area contributed by atoms with Gasteiger partial charge in [0.1, 0.15) is 35.4 Å². The Kier molecular flexibility index (Phi) is 9.02. The smallest absolute Gasteiger partial charge is 0.327 e. The number of nitrogens with one attached hydrogen (secondary N) is 1. The van der Waals surface area contributed by atoms with E-state index >= 15 is 0 Å². The van der Waals surface area contributed by atoms with E-state index in [4.69, 9.17) is 28.5 Å². The number of allylic oxidation sites excluding steroid dienone is 1. The van der Waals surface area contributed by atoms with Crippen LogP contribution in [0.3, 0.4) is 0 Å². The normalized spacial score (nSPS) is 34.9. The maximum Gasteiger partial charge on any atom is 0.327 e. The largest absolute Gasteiger partial charge is 0.460 e. The number of amides is 1.